The van der Waals surface area contributed by atoms with Gasteiger partial charge in [0.1, 0.15) is 33.7 Å². The Kier molecular flexibility index (Phi) is 10.2. The van der Waals surface area contributed by atoms with Crippen LogP contribution in [0.25, 0.3) is 10.0 Å². The van der Waals surface area contributed by atoms with Gasteiger partial charge in [-0.1, -0.05) is 47.5 Å². The van der Waals surface area contributed by atoms with E-state index in [0.29, 0.717) is 21.7 Å². The number of benzene rings is 2. The summed E-state index contributed by atoms with van der Waals surface area (Å²) in [6.07, 6.45) is 0.0802. The molecule has 0 saturated heterocycles. The van der Waals surface area contributed by atoms with Crippen LogP contribution in [-0.2, 0) is 9.59 Å². The highest BCUT2D eigenvalue weighted by Gasteiger charge is 2.34. The van der Waals surface area contributed by atoms with Gasteiger partial charge in [-0.3, -0.25) is 28.7 Å². The van der Waals surface area contributed by atoms with Gasteiger partial charge >= 0.3 is 0 Å². The third-order valence-electron chi connectivity index (χ3n) is 10.2. The van der Waals surface area contributed by atoms with E-state index in [9.17, 15) is 9.59 Å². The second-order valence-electron chi connectivity index (χ2n) is 13.9. The normalized spacial score (nSPS) is 15.8. The summed E-state index contributed by atoms with van der Waals surface area (Å²) in [5.41, 5.74) is 7.58. The van der Waals surface area contributed by atoms with Crippen molar-refractivity contribution in [3.63, 3.8) is 0 Å². The van der Waals surface area contributed by atoms with E-state index >= 15 is 0 Å². The Balaban J connectivity index is 0.979. The van der Waals surface area contributed by atoms with Gasteiger partial charge in [-0.05, 0) is 76.9 Å². The average Bonchev–Trinajstić information content (AvgIpc) is 3.86. The van der Waals surface area contributed by atoms with Crippen molar-refractivity contribution in [1.82, 2.24) is 40.2 Å². The first-order valence-corrected chi connectivity index (χ1v) is 20.5. The molecule has 0 saturated carbocycles. The molecule has 2 unspecified atom stereocenters. The Bertz CT molecular complexity index is 2400. The van der Waals surface area contributed by atoms with E-state index in [4.69, 9.17) is 33.2 Å². The summed E-state index contributed by atoms with van der Waals surface area (Å²) in [5.74, 6) is 2.18. The summed E-state index contributed by atoms with van der Waals surface area (Å²) in [4.78, 5) is 39.7. The van der Waals surface area contributed by atoms with Crippen LogP contribution in [-0.4, -0.2) is 65.9 Å². The van der Waals surface area contributed by atoms with Crippen LogP contribution in [0.5, 0.6) is 0 Å². The Labute approximate surface area is 341 Å². The number of thiophene rings is 2. The molecule has 0 aliphatic carbocycles. The van der Waals surface area contributed by atoms with Crippen LogP contribution in [0.4, 0.5) is 0 Å². The van der Waals surface area contributed by atoms with Gasteiger partial charge < -0.3 is 10.6 Å². The topological polar surface area (TPSA) is 144 Å². The third-order valence-corrected chi connectivity index (χ3v) is 13.1. The maximum atomic E-state index is 13.5. The first-order valence-electron chi connectivity index (χ1n) is 18.2. The molecule has 0 spiro atoms. The first-order chi connectivity index (χ1) is 26.9. The van der Waals surface area contributed by atoms with Crippen molar-refractivity contribution in [3.05, 3.63) is 125 Å². The molecule has 16 heteroatoms. The van der Waals surface area contributed by atoms with Gasteiger partial charge in [0.05, 0.1) is 24.3 Å². The zero-order valence-corrected chi connectivity index (χ0v) is 34.7. The lowest BCUT2D eigenvalue weighted by Gasteiger charge is -2.14. The molecule has 56 heavy (non-hydrogen) atoms. The molecule has 286 valence electrons. The van der Waals surface area contributed by atoms with Crippen molar-refractivity contribution in [1.29, 1.82) is 0 Å². The summed E-state index contributed by atoms with van der Waals surface area (Å²) in [7, 11) is 0. The number of halogens is 2. The van der Waals surface area contributed by atoms with Crippen LogP contribution in [0.3, 0.4) is 0 Å². The lowest BCUT2D eigenvalue weighted by atomic mass is 9.99. The fourth-order valence-electron chi connectivity index (χ4n) is 7.16. The number of hydrogen-bond acceptors (Lipinski definition) is 10. The van der Waals surface area contributed by atoms with Crippen LogP contribution in [0.2, 0.25) is 10.0 Å². The number of carbonyl (C=O) groups is 2. The summed E-state index contributed by atoms with van der Waals surface area (Å²) in [6, 6.07) is 13.9. The van der Waals surface area contributed by atoms with E-state index in [1.54, 1.807) is 22.7 Å². The Morgan fingerprint density at radius 1 is 0.607 bits per heavy atom. The first kappa shape index (κ1) is 37.9. The summed E-state index contributed by atoms with van der Waals surface area (Å²) < 4.78 is 4.03. The lowest BCUT2D eigenvalue weighted by Crippen LogP contribution is -2.35. The molecule has 0 fully saturated rings. The van der Waals surface area contributed by atoms with Gasteiger partial charge in [-0.2, -0.15) is 0 Å². The SMILES string of the molecule is Cc1sc2c(c1C)C(c1ccc(Cl)cc1)=NC(CC(=O)NCCNC(=O)CC1N=C(c3ccc(Cl)cc3)c3c(sc(C)c3C)-n3c(C)nnc31)c1nnc(C)n1-2. The summed E-state index contributed by atoms with van der Waals surface area (Å²) >= 11 is 15.8. The molecule has 2 aliphatic heterocycles. The van der Waals surface area contributed by atoms with Crippen LogP contribution < -0.4 is 10.6 Å². The molecule has 2 aromatic carbocycles. The largest absolute Gasteiger partial charge is 0.354 e. The zero-order chi connectivity index (χ0) is 39.4. The van der Waals surface area contributed by atoms with Crippen LogP contribution >= 0.6 is 45.9 Å². The molecule has 12 nitrogen and oxygen atoms in total. The second kappa shape index (κ2) is 15.1. The average molecular weight is 826 g/mol. The highest BCUT2D eigenvalue weighted by atomic mass is 35.5. The minimum absolute atomic E-state index is 0.0401. The number of nitrogens with one attached hydrogen (secondary N) is 2. The van der Waals surface area contributed by atoms with Gasteiger partial charge in [0.15, 0.2) is 11.6 Å². The van der Waals surface area contributed by atoms with E-state index in [1.807, 2.05) is 71.5 Å². The Morgan fingerprint density at radius 3 is 1.36 bits per heavy atom. The molecule has 0 bridgehead atoms. The summed E-state index contributed by atoms with van der Waals surface area (Å²) in [6.45, 7) is 12.6. The fourth-order valence-corrected chi connectivity index (χ4v) is 9.84. The van der Waals surface area contributed by atoms with Gasteiger partial charge in [0.25, 0.3) is 0 Å². The van der Waals surface area contributed by atoms with Crippen molar-refractivity contribution < 1.29 is 9.59 Å². The number of nitrogens with zero attached hydrogens (tertiary/aromatic N) is 8. The van der Waals surface area contributed by atoms with E-state index in [-0.39, 0.29) is 37.7 Å². The van der Waals surface area contributed by atoms with Gasteiger partial charge in [0.2, 0.25) is 11.8 Å². The quantitative estimate of drug-likeness (QED) is 0.144. The number of fused-ring (bicyclic) bond motifs is 6. The summed E-state index contributed by atoms with van der Waals surface area (Å²) in [5, 5.41) is 26.9. The van der Waals surface area contributed by atoms with Crippen LogP contribution in [0.15, 0.2) is 58.5 Å². The Hall–Kier alpha value is -5.02. The number of hydrogen-bond donors (Lipinski definition) is 2. The van der Waals surface area contributed by atoms with E-state index in [0.717, 1.165) is 66.5 Å². The van der Waals surface area contributed by atoms with Crippen LogP contribution in [0.1, 0.15) is 91.4 Å². The smallest absolute Gasteiger partial charge is 0.222 e. The highest BCUT2D eigenvalue weighted by Crippen LogP contribution is 2.41. The molecule has 4 aromatic heterocycles. The van der Waals surface area contributed by atoms with Crippen molar-refractivity contribution in [2.45, 2.75) is 66.5 Å². The van der Waals surface area contributed by atoms with Gasteiger partial charge in [-0.15, -0.1) is 43.1 Å². The van der Waals surface area contributed by atoms with E-state index in [1.165, 1.54) is 9.75 Å². The number of carbonyl (C=O) groups excluding carboxylic acids is 2. The van der Waals surface area contributed by atoms with E-state index < -0.39 is 12.1 Å². The standard InChI is InChI=1S/C40H38Cl2N10O2S2/c1-19-21(3)55-39-33(19)35(25-7-11-27(41)12-8-25)45-29(37-49-47-23(5)51(37)39)17-31(53)43-15-16-44-32(54)18-30-38-50-48-24(6)52(38)40-34(20(2)22(4)56-40)36(46-30)26-9-13-28(42)14-10-26/h7-14,29-30H,15-18H2,1-6H3,(H,43,53)(H,44,54). The molecular formula is C40H38Cl2N10O2S2. The maximum Gasteiger partial charge on any atom is 0.222 e. The number of aliphatic imine (C=N–C) groups is 2. The van der Waals surface area contributed by atoms with E-state index in [2.05, 4.69) is 58.7 Å². The van der Waals surface area contributed by atoms with Crippen molar-refractivity contribution in [2.75, 3.05) is 13.1 Å². The number of aryl methyl sites for hydroxylation is 4. The molecule has 6 aromatic rings. The number of rotatable bonds is 9. The van der Waals surface area contributed by atoms with Gasteiger partial charge in [0, 0.05) is 55.1 Å². The molecule has 6 heterocycles. The predicted molar refractivity (Wildman–Crippen MR) is 222 cm³/mol. The van der Waals surface area contributed by atoms with Gasteiger partial charge in [-0.25, -0.2) is 0 Å². The molecule has 2 aliphatic rings. The molecule has 2 N–H and O–H groups in total. The van der Waals surface area contributed by atoms with Crippen LogP contribution in [0, 0.1) is 41.5 Å². The Morgan fingerprint density at radius 2 is 0.982 bits per heavy atom. The molecule has 8 rings (SSSR count). The minimum Gasteiger partial charge on any atom is -0.354 e. The second-order valence-corrected chi connectivity index (χ2v) is 17.2. The van der Waals surface area contributed by atoms with Crippen molar-refractivity contribution in [2.24, 2.45) is 9.98 Å². The lowest BCUT2D eigenvalue weighted by molar-refractivity contribution is -0.123. The minimum atomic E-state index is -0.602. The van der Waals surface area contributed by atoms with Crippen molar-refractivity contribution >= 4 is 69.1 Å². The maximum absolute atomic E-state index is 13.5. The molecule has 2 atom stereocenters. The monoisotopic (exact) mass is 824 g/mol. The fraction of sp³-hybridized carbons (Fsp3) is 0.300. The number of amides is 2. The molecule has 2 amide bonds. The highest BCUT2D eigenvalue weighted by molar-refractivity contribution is 7.15. The number of aromatic nitrogens is 6. The third kappa shape index (κ3) is 6.88. The van der Waals surface area contributed by atoms with Crippen molar-refractivity contribution in [3.8, 4) is 10.0 Å². The molecule has 0 radical (unpaired) electrons. The predicted octanol–water partition coefficient (Wildman–Crippen LogP) is 7.63. The zero-order valence-electron chi connectivity index (χ0n) is 31.6. The molecular weight excluding hydrogens is 788 g/mol.